The molecular formula is C16H19N3O4S. The van der Waals surface area contributed by atoms with Crippen LogP contribution in [0.5, 0.6) is 0 Å². The summed E-state index contributed by atoms with van der Waals surface area (Å²) in [5.74, 6) is 0.410. The summed E-state index contributed by atoms with van der Waals surface area (Å²) >= 11 is 1.67. The van der Waals surface area contributed by atoms with Crippen LogP contribution in [0.4, 0.5) is 10.5 Å². The van der Waals surface area contributed by atoms with Gasteiger partial charge in [0.25, 0.3) is 5.91 Å². The quantitative estimate of drug-likeness (QED) is 0.854. The summed E-state index contributed by atoms with van der Waals surface area (Å²) in [5.41, 5.74) is 1.26. The van der Waals surface area contributed by atoms with E-state index < -0.39 is 5.97 Å². The van der Waals surface area contributed by atoms with E-state index in [-0.39, 0.29) is 24.4 Å². The maximum absolute atomic E-state index is 12.7. The first-order valence-electron chi connectivity index (χ1n) is 7.82. The molecule has 24 heavy (non-hydrogen) atoms. The van der Waals surface area contributed by atoms with Gasteiger partial charge in [0.05, 0.1) is 12.5 Å². The van der Waals surface area contributed by atoms with Gasteiger partial charge in [-0.05, 0) is 24.3 Å². The van der Waals surface area contributed by atoms with Gasteiger partial charge in [-0.2, -0.15) is 11.8 Å². The highest BCUT2D eigenvalue weighted by molar-refractivity contribution is 7.99. The molecular weight excluding hydrogens is 330 g/mol. The van der Waals surface area contributed by atoms with Gasteiger partial charge in [0.2, 0.25) is 0 Å². The molecule has 2 heterocycles. The van der Waals surface area contributed by atoms with E-state index in [0.717, 1.165) is 11.4 Å². The van der Waals surface area contributed by atoms with Crippen molar-refractivity contribution in [2.75, 3.05) is 36.0 Å². The van der Waals surface area contributed by atoms with Crippen LogP contribution in [0.2, 0.25) is 0 Å². The van der Waals surface area contributed by atoms with Crippen LogP contribution in [0.25, 0.3) is 0 Å². The summed E-state index contributed by atoms with van der Waals surface area (Å²) in [5, 5.41) is 11.8. The van der Waals surface area contributed by atoms with Crippen LogP contribution in [-0.2, 0) is 4.79 Å². The molecule has 7 nitrogen and oxygen atoms in total. The second-order valence-corrected chi connectivity index (χ2v) is 6.91. The molecule has 0 aliphatic carbocycles. The van der Waals surface area contributed by atoms with Crippen LogP contribution in [0.15, 0.2) is 24.3 Å². The lowest BCUT2D eigenvalue weighted by atomic mass is 10.1. The average molecular weight is 349 g/mol. The van der Waals surface area contributed by atoms with Crippen LogP contribution in [-0.4, -0.2) is 65.1 Å². The fourth-order valence-corrected chi connectivity index (χ4v) is 4.02. The van der Waals surface area contributed by atoms with Gasteiger partial charge >= 0.3 is 12.0 Å². The maximum atomic E-state index is 12.7. The number of amides is 3. The van der Waals surface area contributed by atoms with Crippen LogP contribution in [0.3, 0.4) is 0 Å². The molecule has 3 rings (SSSR count). The Morgan fingerprint density at radius 2 is 2.00 bits per heavy atom. The van der Waals surface area contributed by atoms with Crippen LogP contribution in [0.1, 0.15) is 16.8 Å². The van der Waals surface area contributed by atoms with Gasteiger partial charge < -0.3 is 15.3 Å². The fraction of sp³-hybridized carbons (Fsp3) is 0.438. The van der Waals surface area contributed by atoms with Gasteiger partial charge in [-0.1, -0.05) is 0 Å². The second-order valence-electron chi connectivity index (χ2n) is 5.76. The van der Waals surface area contributed by atoms with E-state index in [1.165, 1.54) is 0 Å². The molecule has 0 aromatic heterocycles. The van der Waals surface area contributed by atoms with E-state index in [9.17, 15) is 14.4 Å². The Hall–Kier alpha value is -2.22. The van der Waals surface area contributed by atoms with Crippen LogP contribution in [0, 0.1) is 0 Å². The standard InChI is InChI=1S/C16H19N3O4S/c20-14(21)9-13-10-24-8-7-18(13)15(22)11-1-3-12(4-2-11)19-6-5-17-16(19)23/h1-4,13H,5-10H2,(H,17,23)(H,20,21). The van der Waals surface area contributed by atoms with Crippen molar-refractivity contribution in [3.8, 4) is 0 Å². The predicted molar refractivity (Wildman–Crippen MR) is 91.6 cm³/mol. The molecule has 2 aliphatic heterocycles. The first-order valence-corrected chi connectivity index (χ1v) is 8.97. The summed E-state index contributed by atoms with van der Waals surface area (Å²) in [6.07, 6.45) is -0.0369. The Labute approximate surface area is 144 Å². The van der Waals surface area contributed by atoms with Crippen LogP contribution < -0.4 is 10.2 Å². The van der Waals surface area contributed by atoms with Gasteiger partial charge in [0, 0.05) is 42.4 Å². The zero-order valence-electron chi connectivity index (χ0n) is 13.1. The van der Waals surface area contributed by atoms with Crippen molar-refractivity contribution >= 4 is 35.4 Å². The number of nitrogens with zero attached hydrogens (tertiary/aromatic N) is 2. The molecule has 2 aliphatic rings. The van der Waals surface area contributed by atoms with E-state index in [1.807, 2.05) is 0 Å². The molecule has 2 N–H and O–H groups in total. The number of hydrogen-bond donors (Lipinski definition) is 2. The van der Waals surface area contributed by atoms with Crippen molar-refractivity contribution in [2.24, 2.45) is 0 Å². The number of carboxylic acids is 1. The van der Waals surface area contributed by atoms with Crippen molar-refractivity contribution in [2.45, 2.75) is 12.5 Å². The minimum Gasteiger partial charge on any atom is -0.481 e. The lowest BCUT2D eigenvalue weighted by molar-refractivity contribution is -0.138. The molecule has 2 fully saturated rings. The van der Waals surface area contributed by atoms with E-state index in [0.29, 0.717) is 31.0 Å². The van der Waals surface area contributed by atoms with E-state index in [4.69, 9.17) is 5.11 Å². The number of carbonyl (C=O) groups excluding carboxylic acids is 2. The number of benzene rings is 1. The molecule has 0 spiro atoms. The zero-order chi connectivity index (χ0) is 17.1. The fourth-order valence-electron chi connectivity index (χ4n) is 2.96. The number of hydrogen-bond acceptors (Lipinski definition) is 4. The summed E-state index contributed by atoms with van der Waals surface area (Å²) in [6, 6.07) is 6.49. The number of rotatable bonds is 4. The number of urea groups is 1. The Kier molecular flexibility index (Phi) is 4.94. The van der Waals surface area contributed by atoms with Crippen molar-refractivity contribution < 1.29 is 19.5 Å². The van der Waals surface area contributed by atoms with Gasteiger partial charge in [0.15, 0.2) is 0 Å². The van der Waals surface area contributed by atoms with Crippen molar-refractivity contribution in [3.63, 3.8) is 0 Å². The lowest BCUT2D eigenvalue weighted by Gasteiger charge is -2.34. The smallest absolute Gasteiger partial charge is 0.321 e. The Balaban J connectivity index is 1.73. The van der Waals surface area contributed by atoms with Gasteiger partial charge in [-0.3, -0.25) is 14.5 Å². The van der Waals surface area contributed by atoms with Gasteiger partial charge in [0.1, 0.15) is 0 Å². The third-order valence-electron chi connectivity index (χ3n) is 4.18. The first-order chi connectivity index (χ1) is 11.6. The number of carbonyl (C=O) groups is 3. The summed E-state index contributed by atoms with van der Waals surface area (Å²) in [4.78, 5) is 38.7. The molecule has 0 saturated carbocycles. The van der Waals surface area contributed by atoms with E-state index in [2.05, 4.69) is 5.32 Å². The zero-order valence-corrected chi connectivity index (χ0v) is 13.9. The van der Waals surface area contributed by atoms with E-state index >= 15 is 0 Å². The molecule has 0 bridgehead atoms. The summed E-state index contributed by atoms with van der Waals surface area (Å²) in [7, 11) is 0. The monoisotopic (exact) mass is 349 g/mol. The molecule has 8 heteroatoms. The third-order valence-corrected chi connectivity index (χ3v) is 5.27. The van der Waals surface area contributed by atoms with E-state index in [1.54, 1.807) is 45.8 Å². The number of carboxylic acid groups (broad SMARTS) is 1. The largest absolute Gasteiger partial charge is 0.481 e. The minimum atomic E-state index is -0.893. The van der Waals surface area contributed by atoms with Crippen molar-refractivity contribution in [1.82, 2.24) is 10.2 Å². The Morgan fingerprint density at radius 3 is 2.62 bits per heavy atom. The summed E-state index contributed by atoms with van der Waals surface area (Å²) < 4.78 is 0. The molecule has 2 saturated heterocycles. The second kappa shape index (κ2) is 7.12. The highest BCUT2D eigenvalue weighted by Gasteiger charge is 2.29. The van der Waals surface area contributed by atoms with Crippen molar-refractivity contribution in [3.05, 3.63) is 29.8 Å². The maximum Gasteiger partial charge on any atom is 0.321 e. The number of aliphatic carboxylic acids is 1. The van der Waals surface area contributed by atoms with Crippen molar-refractivity contribution in [1.29, 1.82) is 0 Å². The number of anilines is 1. The molecule has 1 atom stereocenters. The van der Waals surface area contributed by atoms with Gasteiger partial charge in [-0.15, -0.1) is 0 Å². The molecule has 128 valence electrons. The molecule has 1 unspecified atom stereocenters. The Bertz CT molecular complexity index is 649. The number of thioether (sulfide) groups is 1. The van der Waals surface area contributed by atoms with Gasteiger partial charge in [-0.25, -0.2) is 4.79 Å². The predicted octanol–water partition coefficient (Wildman–Crippen LogP) is 1.25. The summed E-state index contributed by atoms with van der Waals surface area (Å²) in [6.45, 7) is 1.77. The highest BCUT2D eigenvalue weighted by Crippen LogP contribution is 2.23. The molecule has 0 radical (unpaired) electrons. The highest BCUT2D eigenvalue weighted by atomic mass is 32.2. The SMILES string of the molecule is O=C(O)CC1CSCCN1C(=O)c1ccc(N2CCNC2=O)cc1. The average Bonchev–Trinajstić information content (AvgIpc) is 3.00. The molecule has 1 aromatic carbocycles. The molecule has 3 amide bonds. The molecule has 1 aromatic rings. The number of nitrogens with one attached hydrogen (secondary N) is 1. The Morgan fingerprint density at radius 1 is 1.25 bits per heavy atom. The topological polar surface area (TPSA) is 89.9 Å². The minimum absolute atomic E-state index is 0.0369. The van der Waals surface area contributed by atoms with Crippen LogP contribution >= 0.6 is 11.8 Å². The third kappa shape index (κ3) is 3.48. The normalized spacial score (nSPS) is 20.8. The lowest BCUT2D eigenvalue weighted by Crippen LogP contribution is -2.47. The first kappa shape index (κ1) is 16.6.